The number of carbonyl (C=O) groups excluding carboxylic acids is 2. The van der Waals surface area contributed by atoms with Crippen LogP contribution in [-0.4, -0.2) is 23.1 Å². The van der Waals surface area contributed by atoms with Gasteiger partial charge in [0.05, 0.1) is 16.1 Å². The Balaban J connectivity index is 1.83. The third-order valence-corrected chi connectivity index (χ3v) is 5.83. The molecule has 1 unspecified atom stereocenters. The number of hydrazine groups is 1. The number of hydrogen-bond donors (Lipinski definition) is 3. The summed E-state index contributed by atoms with van der Waals surface area (Å²) in [5.41, 5.74) is 2.96. The zero-order chi connectivity index (χ0) is 25.2. The number of urea groups is 1. The highest BCUT2D eigenvalue weighted by atomic mass is 35.5. The number of amides is 3. The largest absolute Gasteiger partial charge is 0.472 e. The van der Waals surface area contributed by atoms with Crippen molar-refractivity contribution in [1.29, 1.82) is 0 Å². The molecule has 0 aliphatic heterocycles. The van der Waals surface area contributed by atoms with Gasteiger partial charge < -0.3 is 5.32 Å². The van der Waals surface area contributed by atoms with Gasteiger partial charge in [-0.3, -0.25) is 15.2 Å². The SMILES string of the molecule is CC(NC(=O)NNC(=O)C(F)(F)F)c1ncc(-c2cc(Cl)cc(F)c2-c2ccc(Cl)s2)cc1F. The first kappa shape index (κ1) is 25.7. The molecule has 0 saturated heterocycles. The normalized spacial score (nSPS) is 12.2. The number of hydrogen-bond acceptors (Lipinski definition) is 4. The first-order valence-corrected chi connectivity index (χ1v) is 10.8. The summed E-state index contributed by atoms with van der Waals surface area (Å²) in [4.78, 5) is 26.9. The number of halogens is 7. The zero-order valence-electron chi connectivity index (χ0n) is 16.9. The Morgan fingerprint density at radius 2 is 1.76 bits per heavy atom. The lowest BCUT2D eigenvalue weighted by Gasteiger charge is -2.17. The topological polar surface area (TPSA) is 83.1 Å². The molecule has 0 fully saturated rings. The average Bonchev–Trinajstić information content (AvgIpc) is 3.16. The van der Waals surface area contributed by atoms with Crippen LogP contribution in [0, 0.1) is 11.6 Å². The van der Waals surface area contributed by atoms with Crippen molar-refractivity contribution in [2.75, 3.05) is 0 Å². The van der Waals surface area contributed by atoms with Crippen LogP contribution < -0.4 is 16.2 Å². The van der Waals surface area contributed by atoms with E-state index in [2.05, 4.69) is 10.3 Å². The predicted octanol–water partition coefficient (Wildman–Crippen LogP) is 6.02. The fraction of sp³-hybridized carbons (Fsp3) is 0.150. The molecule has 2 heterocycles. The second-order valence-electron chi connectivity index (χ2n) is 6.78. The maximum atomic E-state index is 14.8. The third kappa shape index (κ3) is 5.93. The number of carbonyl (C=O) groups is 2. The number of nitrogens with zero attached hydrogens (tertiary/aromatic N) is 1. The molecule has 0 aliphatic rings. The van der Waals surface area contributed by atoms with E-state index in [4.69, 9.17) is 23.2 Å². The number of aromatic nitrogens is 1. The van der Waals surface area contributed by atoms with E-state index in [0.29, 0.717) is 9.21 Å². The van der Waals surface area contributed by atoms with Crippen molar-refractivity contribution in [3.8, 4) is 21.6 Å². The van der Waals surface area contributed by atoms with Crippen molar-refractivity contribution in [2.24, 2.45) is 0 Å². The van der Waals surface area contributed by atoms with Crippen LogP contribution in [0.25, 0.3) is 21.6 Å². The molecule has 3 amide bonds. The Hall–Kier alpha value is -2.96. The first-order valence-electron chi connectivity index (χ1n) is 9.21. The van der Waals surface area contributed by atoms with E-state index in [0.717, 1.165) is 28.9 Å². The Morgan fingerprint density at radius 1 is 1.06 bits per heavy atom. The zero-order valence-corrected chi connectivity index (χ0v) is 19.2. The molecule has 3 N–H and O–H groups in total. The van der Waals surface area contributed by atoms with Gasteiger partial charge in [-0.2, -0.15) is 13.2 Å². The molecule has 1 aromatic carbocycles. The maximum absolute atomic E-state index is 14.8. The molecule has 2 aromatic heterocycles. The van der Waals surface area contributed by atoms with Gasteiger partial charge in [0.15, 0.2) is 0 Å². The van der Waals surface area contributed by atoms with Crippen LogP contribution in [0.3, 0.4) is 0 Å². The van der Waals surface area contributed by atoms with Gasteiger partial charge in [0.2, 0.25) is 0 Å². The van der Waals surface area contributed by atoms with Crippen molar-refractivity contribution in [3.05, 3.63) is 63.2 Å². The molecule has 0 saturated carbocycles. The van der Waals surface area contributed by atoms with E-state index in [1.54, 1.807) is 12.1 Å². The molecule has 0 radical (unpaired) electrons. The van der Waals surface area contributed by atoms with Crippen LogP contribution >= 0.6 is 34.5 Å². The van der Waals surface area contributed by atoms with Crippen LogP contribution in [0.4, 0.5) is 26.7 Å². The van der Waals surface area contributed by atoms with Crippen LogP contribution in [-0.2, 0) is 4.79 Å². The molecule has 3 aromatic rings. The van der Waals surface area contributed by atoms with Crippen LogP contribution in [0.5, 0.6) is 0 Å². The van der Waals surface area contributed by atoms with Crippen molar-refractivity contribution < 1.29 is 31.5 Å². The second-order valence-corrected chi connectivity index (χ2v) is 8.93. The van der Waals surface area contributed by atoms with Gasteiger partial charge in [-0.05, 0) is 42.8 Å². The van der Waals surface area contributed by atoms with Crippen LogP contribution in [0.2, 0.25) is 9.36 Å². The summed E-state index contributed by atoms with van der Waals surface area (Å²) in [6, 6.07) is 4.43. The minimum absolute atomic E-state index is 0.0657. The highest BCUT2D eigenvalue weighted by Crippen LogP contribution is 2.41. The fourth-order valence-corrected chi connectivity index (χ4v) is 4.21. The van der Waals surface area contributed by atoms with E-state index in [1.807, 2.05) is 0 Å². The van der Waals surface area contributed by atoms with Crippen molar-refractivity contribution >= 4 is 46.5 Å². The highest BCUT2D eigenvalue weighted by Gasteiger charge is 2.39. The Morgan fingerprint density at radius 3 is 2.35 bits per heavy atom. The summed E-state index contributed by atoms with van der Waals surface area (Å²) in [5.74, 6) is -3.93. The van der Waals surface area contributed by atoms with E-state index in [9.17, 15) is 31.5 Å². The van der Waals surface area contributed by atoms with E-state index < -0.39 is 35.8 Å². The van der Waals surface area contributed by atoms with E-state index in [1.165, 1.54) is 24.6 Å². The summed E-state index contributed by atoms with van der Waals surface area (Å²) < 4.78 is 66.5. The molecule has 0 aliphatic carbocycles. The summed E-state index contributed by atoms with van der Waals surface area (Å²) in [6.07, 6.45) is -3.97. The van der Waals surface area contributed by atoms with Gasteiger partial charge in [0.25, 0.3) is 0 Å². The molecular weight excluding hydrogens is 526 g/mol. The lowest BCUT2D eigenvalue weighted by Crippen LogP contribution is -2.51. The van der Waals surface area contributed by atoms with Gasteiger partial charge in [-0.25, -0.2) is 19.0 Å². The summed E-state index contributed by atoms with van der Waals surface area (Å²) in [6.45, 7) is 1.31. The molecular formula is C20H13Cl2F5N4O2S. The highest BCUT2D eigenvalue weighted by molar-refractivity contribution is 7.19. The van der Waals surface area contributed by atoms with Crippen LogP contribution in [0.15, 0.2) is 36.5 Å². The predicted molar refractivity (Wildman–Crippen MR) is 117 cm³/mol. The fourth-order valence-electron chi connectivity index (χ4n) is 2.90. The quantitative estimate of drug-likeness (QED) is 0.280. The lowest BCUT2D eigenvalue weighted by atomic mass is 9.98. The molecule has 6 nitrogen and oxygen atoms in total. The summed E-state index contributed by atoms with van der Waals surface area (Å²) in [5, 5.41) is 2.20. The number of rotatable bonds is 4. The third-order valence-electron chi connectivity index (χ3n) is 4.36. The molecule has 3 rings (SSSR count). The van der Waals surface area contributed by atoms with Gasteiger partial charge in [0.1, 0.15) is 11.6 Å². The summed E-state index contributed by atoms with van der Waals surface area (Å²) in [7, 11) is 0. The lowest BCUT2D eigenvalue weighted by molar-refractivity contribution is -0.174. The van der Waals surface area contributed by atoms with Crippen LogP contribution in [0.1, 0.15) is 18.7 Å². The Bertz CT molecular complexity index is 1250. The Labute approximate surface area is 203 Å². The maximum Gasteiger partial charge on any atom is 0.472 e. The molecule has 180 valence electrons. The van der Waals surface area contributed by atoms with E-state index >= 15 is 0 Å². The molecule has 14 heteroatoms. The second kappa shape index (κ2) is 10.1. The van der Waals surface area contributed by atoms with Gasteiger partial charge in [0, 0.05) is 27.2 Å². The van der Waals surface area contributed by atoms with Gasteiger partial charge >= 0.3 is 18.1 Å². The number of pyridine rings is 1. The first-order chi connectivity index (χ1) is 15.9. The number of nitrogens with one attached hydrogen (secondary N) is 3. The summed E-state index contributed by atoms with van der Waals surface area (Å²) >= 11 is 13.1. The minimum Gasteiger partial charge on any atom is -0.329 e. The average molecular weight is 539 g/mol. The van der Waals surface area contributed by atoms with Crippen molar-refractivity contribution in [3.63, 3.8) is 0 Å². The van der Waals surface area contributed by atoms with Gasteiger partial charge in [-0.15, -0.1) is 11.3 Å². The number of benzene rings is 1. The standard InChI is InChI=1S/C20H13Cl2F5N4O2S/c1-8(29-19(33)31-30-18(32)20(25,26)27)17-13(24)4-9(7-28-17)11-5-10(21)6-12(23)16(11)14-2-3-15(22)34-14/h2-8H,1H3,(H,30,32)(H2,29,31,33). The molecule has 0 spiro atoms. The number of alkyl halides is 3. The van der Waals surface area contributed by atoms with Gasteiger partial charge in [-0.1, -0.05) is 23.2 Å². The minimum atomic E-state index is -5.20. The molecule has 1 atom stereocenters. The van der Waals surface area contributed by atoms with Crippen molar-refractivity contribution in [1.82, 2.24) is 21.2 Å². The Kier molecular flexibility index (Phi) is 7.64. The molecule has 34 heavy (non-hydrogen) atoms. The smallest absolute Gasteiger partial charge is 0.329 e. The number of thiophene rings is 1. The van der Waals surface area contributed by atoms with E-state index in [-0.39, 0.29) is 27.4 Å². The molecule has 0 bridgehead atoms. The monoisotopic (exact) mass is 538 g/mol. The van der Waals surface area contributed by atoms with Crippen molar-refractivity contribution in [2.45, 2.75) is 19.1 Å².